The fourth-order valence-electron chi connectivity index (χ4n) is 4.41. The first-order valence-electron chi connectivity index (χ1n) is 10.8. The number of hydrogen-bond acceptors (Lipinski definition) is 7. The molecule has 0 amide bonds. The molecule has 4 N–H and O–H groups in total. The van der Waals surface area contributed by atoms with Gasteiger partial charge < -0.3 is 9.47 Å². The molecule has 1 aliphatic carbocycles. The highest BCUT2D eigenvalue weighted by atomic mass is 19.4. The molecule has 29 heavy (non-hydrogen) atoms. The van der Waals surface area contributed by atoms with E-state index in [-0.39, 0.29) is 24.8 Å². The van der Waals surface area contributed by atoms with Crippen LogP contribution in [0.15, 0.2) is 0 Å². The minimum atomic E-state index is -4.37. The second kappa shape index (κ2) is 10.7. The maximum atomic E-state index is 12.6. The van der Waals surface area contributed by atoms with Crippen LogP contribution in [-0.2, 0) is 9.47 Å². The Morgan fingerprint density at radius 2 is 1.83 bits per heavy atom. The SMILES string of the molecule is CC1CCC(CNC2NC(OCC(F)(F)F)NC(N(C)CC3CCCCC3)N2)O1. The van der Waals surface area contributed by atoms with E-state index in [1.54, 1.807) is 0 Å². The number of hydrogen-bond donors (Lipinski definition) is 4. The van der Waals surface area contributed by atoms with Crippen molar-refractivity contribution in [3.8, 4) is 0 Å². The summed E-state index contributed by atoms with van der Waals surface area (Å²) in [6.45, 7) is 2.28. The van der Waals surface area contributed by atoms with E-state index in [1.807, 2.05) is 7.05 Å². The van der Waals surface area contributed by atoms with Crippen LogP contribution in [0.2, 0.25) is 0 Å². The number of halogens is 3. The van der Waals surface area contributed by atoms with E-state index in [0.717, 1.165) is 19.4 Å². The van der Waals surface area contributed by atoms with Gasteiger partial charge in [-0.05, 0) is 45.6 Å². The summed E-state index contributed by atoms with van der Waals surface area (Å²) in [4.78, 5) is 2.13. The predicted octanol–water partition coefficient (Wildman–Crippen LogP) is 1.87. The lowest BCUT2D eigenvalue weighted by Crippen LogP contribution is -2.75. The highest BCUT2D eigenvalue weighted by Crippen LogP contribution is 2.24. The first-order chi connectivity index (χ1) is 13.8. The Morgan fingerprint density at radius 1 is 1.07 bits per heavy atom. The van der Waals surface area contributed by atoms with Gasteiger partial charge in [-0.2, -0.15) is 13.2 Å². The number of alkyl halides is 3. The molecule has 0 aromatic rings. The van der Waals surface area contributed by atoms with Crippen LogP contribution in [0.25, 0.3) is 0 Å². The fourth-order valence-corrected chi connectivity index (χ4v) is 4.41. The average molecular weight is 424 g/mol. The standard InChI is InChI=1S/C19H36F3N5O2/c1-13-8-9-15(29-13)10-23-16-24-17(26-18(25-16)28-12-19(20,21)22)27(2)11-14-6-4-3-5-7-14/h13-18,23-26H,3-12H2,1-2H3. The van der Waals surface area contributed by atoms with Gasteiger partial charge in [0, 0.05) is 13.1 Å². The molecule has 0 bridgehead atoms. The molecule has 5 unspecified atom stereocenters. The zero-order chi connectivity index (χ0) is 20.9. The molecule has 10 heteroatoms. The smallest absolute Gasteiger partial charge is 0.374 e. The van der Waals surface area contributed by atoms with E-state index in [4.69, 9.17) is 9.47 Å². The molecule has 3 fully saturated rings. The Kier molecular flexibility index (Phi) is 8.55. The molecule has 0 aromatic carbocycles. The summed E-state index contributed by atoms with van der Waals surface area (Å²) >= 11 is 0. The second-order valence-corrected chi connectivity index (χ2v) is 8.64. The van der Waals surface area contributed by atoms with E-state index >= 15 is 0 Å². The molecule has 2 saturated heterocycles. The summed E-state index contributed by atoms with van der Waals surface area (Å²) in [7, 11) is 1.99. The number of nitrogens with zero attached hydrogens (tertiary/aromatic N) is 1. The van der Waals surface area contributed by atoms with Crippen molar-refractivity contribution < 1.29 is 22.6 Å². The molecule has 1 saturated carbocycles. The topological polar surface area (TPSA) is 69.8 Å². The Morgan fingerprint density at radius 3 is 2.48 bits per heavy atom. The van der Waals surface area contributed by atoms with E-state index in [0.29, 0.717) is 12.5 Å². The van der Waals surface area contributed by atoms with Crippen molar-refractivity contribution >= 4 is 0 Å². The Labute approximate surface area is 171 Å². The van der Waals surface area contributed by atoms with Gasteiger partial charge in [0.15, 0.2) is 6.35 Å². The van der Waals surface area contributed by atoms with Crippen LogP contribution in [0.3, 0.4) is 0 Å². The van der Waals surface area contributed by atoms with Gasteiger partial charge in [0.05, 0.1) is 12.2 Å². The van der Waals surface area contributed by atoms with Gasteiger partial charge in [-0.25, -0.2) is 0 Å². The molecule has 2 heterocycles. The molecule has 170 valence electrons. The number of nitrogens with one attached hydrogen (secondary N) is 4. The Hall–Kier alpha value is -0.490. The van der Waals surface area contributed by atoms with Crippen LogP contribution in [0.1, 0.15) is 51.9 Å². The maximum Gasteiger partial charge on any atom is 0.411 e. The van der Waals surface area contributed by atoms with Gasteiger partial charge in [0.2, 0.25) is 0 Å². The summed E-state index contributed by atoms with van der Waals surface area (Å²) in [5.74, 6) is 0.626. The summed E-state index contributed by atoms with van der Waals surface area (Å²) in [5, 5.41) is 12.8. The van der Waals surface area contributed by atoms with Crippen LogP contribution < -0.4 is 21.3 Å². The molecule has 0 aromatic heterocycles. The first kappa shape index (κ1) is 23.2. The maximum absolute atomic E-state index is 12.6. The highest BCUT2D eigenvalue weighted by Gasteiger charge is 2.35. The third kappa shape index (κ3) is 7.93. The van der Waals surface area contributed by atoms with E-state index < -0.39 is 19.1 Å². The summed E-state index contributed by atoms with van der Waals surface area (Å²) in [6.07, 6.45) is 2.68. The number of ether oxygens (including phenoxy) is 2. The van der Waals surface area contributed by atoms with Gasteiger partial charge in [-0.3, -0.25) is 26.2 Å². The molecule has 7 nitrogen and oxygen atoms in total. The average Bonchev–Trinajstić information content (AvgIpc) is 3.10. The summed E-state index contributed by atoms with van der Waals surface area (Å²) in [6, 6.07) is 0. The highest BCUT2D eigenvalue weighted by molar-refractivity contribution is 4.82. The van der Waals surface area contributed by atoms with Crippen LogP contribution in [0.4, 0.5) is 13.2 Å². The third-order valence-electron chi connectivity index (χ3n) is 5.95. The fraction of sp³-hybridized carbons (Fsp3) is 1.00. The van der Waals surface area contributed by atoms with Crippen LogP contribution in [-0.4, -0.2) is 69.0 Å². The van der Waals surface area contributed by atoms with Crippen LogP contribution in [0, 0.1) is 5.92 Å². The van der Waals surface area contributed by atoms with Crippen LogP contribution in [0.5, 0.6) is 0 Å². The first-order valence-corrected chi connectivity index (χ1v) is 10.8. The largest absolute Gasteiger partial charge is 0.411 e. The lowest BCUT2D eigenvalue weighted by molar-refractivity contribution is -0.201. The van der Waals surface area contributed by atoms with Crippen molar-refractivity contribution in [2.75, 3.05) is 26.7 Å². The summed E-state index contributed by atoms with van der Waals surface area (Å²) < 4.78 is 48.7. The van der Waals surface area contributed by atoms with Crippen molar-refractivity contribution in [3.05, 3.63) is 0 Å². The zero-order valence-corrected chi connectivity index (χ0v) is 17.4. The monoisotopic (exact) mass is 423 g/mol. The molecule has 5 atom stereocenters. The molecule has 3 aliphatic rings. The van der Waals surface area contributed by atoms with Crippen molar-refractivity contribution in [2.45, 2.75) is 89.2 Å². The second-order valence-electron chi connectivity index (χ2n) is 8.64. The molecular formula is C19H36F3N5O2. The Bertz CT molecular complexity index is 493. The molecule has 3 rings (SSSR count). The number of rotatable bonds is 8. The van der Waals surface area contributed by atoms with Gasteiger partial charge in [0.1, 0.15) is 19.2 Å². The minimum absolute atomic E-state index is 0.122. The van der Waals surface area contributed by atoms with Gasteiger partial charge in [-0.1, -0.05) is 19.3 Å². The van der Waals surface area contributed by atoms with Crippen molar-refractivity contribution in [1.82, 2.24) is 26.2 Å². The predicted molar refractivity (Wildman–Crippen MR) is 104 cm³/mol. The lowest BCUT2D eigenvalue weighted by atomic mass is 9.89. The van der Waals surface area contributed by atoms with E-state index in [9.17, 15) is 13.2 Å². The van der Waals surface area contributed by atoms with Gasteiger partial charge in [-0.15, -0.1) is 0 Å². The normalized spacial score (nSPS) is 34.8. The molecule has 0 radical (unpaired) electrons. The quantitative estimate of drug-likeness (QED) is 0.475. The third-order valence-corrected chi connectivity index (χ3v) is 5.95. The van der Waals surface area contributed by atoms with Crippen LogP contribution >= 0.6 is 0 Å². The van der Waals surface area contributed by atoms with Gasteiger partial charge >= 0.3 is 6.18 Å². The van der Waals surface area contributed by atoms with Crippen molar-refractivity contribution in [3.63, 3.8) is 0 Å². The lowest BCUT2D eigenvalue weighted by Gasteiger charge is -2.43. The van der Waals surface area contributed by atoms with E-state index in [1.165, 1.54) is 32.1 Å². The van der Waals surface area contributed by atoms with E-state index in [2.05, 4.69) is 33.1 Å². The van der Waals surface area contributed by atoms with Crippen molar-refractivity contribution in [2.24, 2.45) is 5.92 Å². The Balaban J connectivity index is 1.53. The zero-order valence-electron chi connectivity index (χ0n) is 17.4. The summed E-state index contributed by atoms with van der Waals surface area (Å²) in [5.41, 5.74) is 0. The van der Waals surface area contributed by atoms with Crippen molar-refractivity contribution in [1.29, 1.82) is 0 Å². The molecular weight excluding hydrogens is 387 g/mol. The van der Waals surface area contributed by atoms with Gasteiger partial charge in [0.25, 0.3) is 0 Å². The minimum Gasteiger partial charge on any atom is -0.374 e. The molecule has 0 spiro atoms. The molecule has 2 aliphatic heterocycles.